The van der Waals surface area contributed by atoms with Crippen molar-refractivity contribution in [1.82, 2.24) is 4.90 Å². The third-order valence-electron chi connectivity index (χ3n) is 3.60. The molecule has 21 heavy (non-hydrogen) atoms. The Kier molecular flexibility index (Phi) is 4.28. The van der Waals surface area contributed by atoms with Gasteiger partial charge in [-0.3, -0.25) is 4.79 Å². The highest BCUT2D eigenvalue weighted by Gasteiger charge is 2.32. The second-order valence-corrected chi connectivity index (χ2v) is 7.39. The molecule has 2 atom stereocenters. The number of nitrogens with two attached hydrogens (primary N) is 1. The number of nitrogens with zero attached hydrogens (tertiary/aromatic N) is 1. The average molecular weight is 335 g/mol. The molecule has 0 aliphatic carbocycles. The Hall–Kier alpha value is -1.18. The number of benzene rings is 1. The maximum Gasteiger partial charge on any atom is 0.257 e. The molecule has 0 radical (unpaired) electrons. The lowest BCUT2D eigenvalue weighted by Crippen LogP contribution is -2.34. The number of carbonyl (C=O) groups excluding carboxylic acids is 1. The van der Waals surface area contributed by atoms with Crippen LogP contribution in [-0.2, 0) is 10.0 Å². The molecule has 1 aromatic rings. The van der Waals surface area contributed by atoms with Crippen molar-refractivity contribution in [2.45, 2.75) is 31.2 Å². The van der Waals surface area contributed by atoms with Gasteiger partial charge in [0.25, 0.3) is 5.91 Å². The van der Waals surface area contributed by atoms with Crippen LogP contribution in [0, 0.1) is 11.7 Å². The smallest absolute Gasteiger partial charge is 0.257 e. The summed E-state index contributed by atoms with van der Waals surface area (Å²) in [6.07, 6.45) is 0.822. The van der Waals surface area contributed by atoms with Gasteiger partial charge in [0.2, 0.25) is 10.0 Å². The predicted molar refractivity (Wildman–Crippen MR) is 77.1 cm³/mol. The molecule has 2 unspecified atom stereocenters. The van der Waals surface area contributed by atoms with Crippen LogP contribution in [0.4, 0.5) is 4.39 Å². The standard InChI is InChI=1S/C13H16ClFN2O3S/c1-7-3-8(2)17(6-7)13(18)9-4-12(21(16,19)20)10(14)5-11(9)15/h4-5,7-8H,3,6H2,1-2H3,(H2,16,19,20). The fraction of sp³-hybridized carbons (Fsp3) is 0.462. The third kappa shape index (κ3) is 3.20. The molecule has 116 valence electrons. The molecule has 1 saturated heterocycles. The summed E-state index contributed by atoms with van der Waals surface area (Å²) in [7, 11) is -4.12. The van der Waals surface area contributed by atoms with Gasteiger partial charge in [0.1, 0.15) is 10.7 Å². The van der Waals surface area contributed by atoms with Crippen molar-refractivity contribution in [2.24, 2.45) is 11.1 Å². The summed E-state index contributed by atoms with van der Waals surface area (Å²) in [4.78, 5) is 13.5. The molecule has 1 heterocycles. The molecule has 0 aromatic heterocycles. The summed E-state index contributed by atoms with van der Waals surface area (Å²) in [6.45, 7) is 4.38. The van der Waals surface area contributed by atoms with E-state index >= 15 is 0 Å². The predicted octanol–water partition coefficient (Wildman–Crippen LogP) is 2.00. The van der Waals surface area contributed by atoms with Crippen LogP contribution in [0.2, 0.25) is 5.02 Å². The van der Waals surface area contributed by atoms with E-state index in [0.29, 0.717) is 12.5 Å². The van der Waals surface area contributed by atoms with Gasteiger partial charge < -0.3 is 4.90 Å². The van der Waals surface area contributed by atoms with Crippen molar-refractivity contribution in [3.8, 4) is 0 Å². The van der Waals surface area contributed by atoms with Gasteiger partial charge in [-0.25, -0.2) is 17.9 Å². The topological polar surface area (TPSA) is 80.5 Å². The van der Waals surface area contributed by atoms with E-state index in [0.717, 1.165) is 18.6 Å². The molecular weight excluding hydrogens is 319 g/mol. The zero-order valence-electron chi connectivity index (χ0n) is 11.6. The van der Waals surface area contributed by atoms with Crippen LogP contribution in [0.1, 0.15) is 30.6 Å². The monoisotopic (exact) mass is 334 g/mol. The number of primary sulfonamides is 1. The minimum Gasteiger partial charge on any atom is -0.336 e. The number of likely N-dealkylation sites (tertiary alicyclic amines) is 1. The summed E-state index contributed by atoms with van der Waals surface area (Å²) >= 11 is 5.68. The number of halogens is 2. The van der Waals surface area contributed by atoms with Crippen molar-refractivity contribution >= 4 is 27.5 Å². The van der Waals surface area contributed by atoms with Crippen LogP contribution in [0.25, 0.3) is 0 Å². The zero-order chi connectivity index (χ0) is 15.9. The largest absolute Gasteiger partial charge is 0.336 e. The molecule has 1 fully saturated rings. The second-order valence-electron chi connectivity index (χ2n) is 5.45. The molecule has 2 N–H and O–H groups in total. The Balaban J connectivity index is 2.47. The van der Waals surface area contributed by atoms with E-state index in [1.165, 1.54) is 4.90 Å². The summed E-state index contributed by atoms with van der Waals surface area (Å²) in [5.41, 5.74) is -0.329. The van der Waals surface area contributed by atoms with Crippen LogP contribution < -0.4 is 5.14 Å². The average Bonchev–Trinajstić information content (AvgIpc) is 2.66. The van der Waals surface area contributed by atoms with Crippen LogP contribution in [-0.4, -0.2) is 31.8 Å². The lowest BCUT2D eigenvalue weighted by atomic mass is 10.1. The minimum atomic E-state index is -4.12. The summed E-state index contributed by atoms with van der Waals surface area (Å²) in [5.74, 6) is -1.09. The number of hydrogen-bond acceptors (Lipinski definition) is 3. The number of carbonyl (C=O) groups is 1. The van der Waals surface area contributed by atoms with E-state index in [4.69, 9.17) is 16.7 Å². The lowest BCUT2D eigenvalue weighted by molar-refractivity contribution is 0.0739. The molecule has 0 bridgehead atoms. The normalized spacial score (nSPS) is 22.6. The number of sulfonamides is 1. The van der Waals surface area contributed by atoms with Gasteiger partial charge in [0.15, 0.2) is 0 Å². The lowest BCUT2D eigenvalue weighted by Gasteiger charge is -2.22. The molecule has 1 amide bonds. The summed E-state index contributed by atoms with van der Waals surface area (Å²) < 4.78 is 36.8. The Bertz CT molecular complexity index is 693. The molecule has 5 nitrogen and oxygen atoms in total. The first-order chi connectivity index (χ1) is 9.61. The van der Waals surface area contributed by atoms with Gasteiger partial charge >= 0.3 is 0 Å². The SMILES string of the molecule is CC1CC(C)N(C(=O)c2cc(S(N)(=O)=O)c(Cl)cc2F)C1. The number of hydrogen-bond donors (Lipinski definition) is 1. The fourth-order valence-corrected chi connectivity index (χ4v) is 3.73. The van der Waals surface area contributed by atoms with Gasteiger partial charge in [0.05, 0.1) is 10.6 Å². The Morgan fingerprint density at radius 3 is 2.52 bits per heavy atom. The van der Waals surface area contributed by atoms with Crippen molar-refractivity contribution in [3.63, 3.8) is 0 Å². The fourth-order valence-electron chi connectivity index (χ4n) is 2.65. The van der Waals surface area contributed by atoms with E-state index in [-0.39, 0.29) is 16.6 Å². The van der Waals surface area contributed by atoms with E-state index < -0.39 is 26.6 Å². The minimum absolute atomic E-state index is 0.0273. The Morgan fingerprint density at radius 1 is 1.43 bits per heavy atom. The molecule has 8 heteroatoms. The molecule has 1 aliphatic rings. The molecule has 1 aliphatic heterocycles. The summed E-state index contributed by atoms with van der Waals surface area (Å²) in [6, 6.07) is 1.68. The van der Waals surface area contributed by atoms with E-state index in [2.05, 4.69) is 0 Å². The Labute approximate surface area is 127 Å². The van der Waals surface area contributed by atoms with E-state index in [1.807, 2.05) is 13.8 Å². The van der Waals surface area contributed by atoms with Gasteiger partial charge in [-0.05, 0) is 31.4 Å². The quantitative estimate of drug-likeness (QED) is 0.898. The van der Waals surface area contributed by atoms with E-state index in [1.54, 1.807) is 0 Å². The highest BCUT2D eigenvalue weighted by molar-refractivity contribution is 7.89. The number of amides is 1. The van der Waals surface area contributed by atoms with E-state index in [9.17, 15) is 17.6 Å². The number of rotatable bonds is 2. The van der Waals surface area contributed by atoms with Crippen LogP contribution in [0.15, 0.2) is 17.0 Å². The highest BCUT2D eigenvalue weighted by Crippen LogP contribution is 2.28. The van der Waals surface area contributed by atoms with Gasteiger partial charge in [-0.15, -0.1) is 0 Å². The van der Waals surface area contributed by atoms with Gasteiger partial charge in [0, 0.05) is 12.6 Å². The van der Waals surface area contributed by atoms with Crippen molar-refractivity contribution in [1.29, 1.82) is 0 Å². The van der Waals surface area contributed by atoms with Gasteiger partial charge in [-0.1, -0.05) is 18.5 Å². The van der Waals surface area contributed by atoms with Crippen molar-refractivity contribution in [2.75, 3.05) is 6.54 Å². The first-order valence-electron chi connectivity index (χ1n) is 6.44. The third-order valence-corrected chi connectivity index (χ3v) is 4.98. The zero-order valence-corrected chi connectivity index (χ0v) is 13.2. The molecule has 2 rings (SSSR count). The van der Waals surface area contributed by atoms with Crippen LogP contribution in [0.3, 0.4) is 0 Å². The molecular formula is C13H16ClFN2O3S. The van der Waals surface area contributed by atoms with Crippen molar-refractivity contribution < 1.29 is 17.6 Å². The molecule has 0 saturated carbocycles. The maximum absolute atomic E-state index is 14.0. The maximum atomic E-state index is 14.0. The first kappa shape index (κ1) is 16.2. The van der Waals surface area contributed by atoms with Crippen LogP contribution >= 0.6 is 11.6 Å². The highest BCUT2D eigenvalue weighted by atomic mass is 35.5. The van der Waals surface area contributed by atoms with Crippen molar-refractivity contribution in [3.05, 3.63) is 28.5 Å². The second kappa shape index (κ2) is 5.55. The Morgan fingerprint density at radius 2 is 2.05 bits per heavy atom. The molecule has 0 spiro atoms. The summed E-state index contributed by atoms with van der Waals surface area (Å²) in [5, 5.41) is 4.68. The van der Waals surface area contributed by atoms with Gasteiger partial charge in [-0.2, -0.15) is 0 Å². The van der Waals surface area contributed by atoms with Crippen LogP contribution in [0.5, 0.6) is 0 Å². The molecule has 1 aromatic carbocycles. The first-order valence-corrected chi connectivity index (χ1v) is 8.36.